The smallest absolute Gasteiger partial charge is 0.251 e. The molecule has 2 aromatic rings. The van der Waals surface area contributed by atoms with Gasteiger partial charge in [-0.05, 0) is 30.7 Å². The van der Waals surface area contributed by atoms with E-state index in [2.05, 4.69) is 5.32 Å². The summed E-state index contributed by atoms with van der Waals surface area (Å²) in [5.74, 6) is 1.05. The number of rotatable bonds is 20. The number of nitrogens with zero attached hydrogens (tertiary/aromatic N) is 2. The molecule has 2 rings (SSSR count). The second-order valence-electron chi connectivity index (χ2n) is 7.61. The van der Waals surface area contributed by atoms with Crippen LogP contribution in [0.15, 0.2) is 18.2 Å². The summed E-state index contributed by atoms with van der Waals surface area (Å²) in [6.45, 7) is 3.69. The fourth-order valence-corrected chi connectivity index (χ4v) is 4.06. The maximum absolute atomic E-state index is 12.5. The van der Waals surface area contributed by atoms with Gasteiger partial charge < -0.3 is 30.0 Å². The van der Waals surface area contributed by atoms with Crippen molar-refractivity contribution in [1.82, 2.24) is 15.3 Å². The van der Waals surface area contributed by atoms with Gasteiger partial charge in [-0.3, -0.25) is 9.59 Å². The number of carbonyl (C=O) groups excluding carboxylic acids is 2. The summed E-state index contributed by atoms with van der Waals surface area (Å²) >= 11 is 3.42. The molecule has 12 heteroatoms. The van der Waals surface area contributed by atoms with Gasteiger partial charge in [0.05, 0.1) is 75.3 Å². The summed E-state index contributed by atoms with van der Waals surface area (Å²) in [7, 11) is 0. The molecule has 200 valence electrons. The first kappa shape index (κ1) is 30.3. The van der Waals surface area contributed by atoms with Gasteiger partial charge in [0.2, 0.25) is 5.91 Å². The van der Waals surface area contributed by atoms with Crippen molar-refractivity contribution >= 4 is 46.4 Å². The topological polar surface area (TPSA) is 135 Å². The highest BCUT2D eigenvalue weighted by molar-refractivity contribution is 7.98. The number of benzene rings is 1. The number of ether oxygens (including phenoxy) is 4. The number of hydrogen-bond donors (Lipinski definition) is 2. The molecule has 10 nitrogen and oxygen atoms in total. The second kappa shape index (κ2) is 18.3. The maximum Gasteiger partial charge on any atom is 0.251 e. The van der Waals surface area contributed by atoms with E-state index in [1.807, 2.05) is 18.6 Å². The lowest BCUT2D eigenvalue weighted by molar-refractivity contribution is -0.119. The van der Waals surface area contributed by atoms with Crippen molar-refractivity contribution in [3.8, 4) is 0 Å². The first-order chi connectivity index (χ1) is 17.5. The molecule has 1 aromatic heterocycles. The molecule has 0 saturated heterocycles. The molecule has 1 aromatic carbocycles. The third-order valence-electron chi connectivity index (χ3n) is 4.78. The molecule has 3 N–H and O–H groups in total. The molecule has 0 aliphatic carbocycles. The van der Waals surface area contributed by atoms with Crippen LogP contribution in [0.3, 0.4) is 0 Å². The van der Waals surface area contributed by atoms with E-state index in [9.17, 15) is 9.59 Å². The number of amides is 2. The Morgan fingerprint density at radius 1 is 0.806 bits per heavy atom. The number of thioether (sulfide) groups is 2. The maximum atomic E-state index is 12.5. The quantitative estimate of drug-likeness (QED) is 0.240. The molecule has 0 aliphatic heterocycles. The standard InChI is InChI=1S/C24H36N4O6S2/c1-35-16-21-22(17-36-2)28-20-15-18(3-4-19(20)27-21)24(30)26-6-8-32-10-12-34-14-13-33-11-9-31-7-5-23(25)29/h3-4,15H,5-14,16-17H2,1-2H3,(H2,25,29)(H,26,30). The lowest BCUT2D eigenvalue weighted by atomic mass is 10.1. The van der Waals surface area contributed by atoms with Gasteiger partial charge in [0.1, 0.15) is 0 Å². The van der Waals surface area contributed by atoms with Crippen LogP contribution in [0.4, 0.5) is 0 Å². The van der Waals surface area contributed by atoms with Gasteiger partial charge in [-0.1, -0.05) is 0 Å². The van der Waals surface area contributed by atoms with Crippen LogP contribution in [0.25, 0.3) is 11.0 Å². The molecule has 0 saturated carbocycles. The molecule has 0 fully saturated rings. The third kappa shape index (κ3) is 11.8. The molecule has 0 bridgehead atoms. The van der Waals surface area contributed by atoms with Gasteiger partial charge in [-0.25, -0.2) is 9.97 Å². The van der Waals surface area contributed by atoms with Crippen molar-refractivity contribution < 1.29 is 28.5 Å². The van der Waals surface area contributed by atoms with Crippen LogP contribution in [0.5, 0.6) is 0 Å². The largest absolute Gasteiger partial charge is 0.379 e. The second-order valence-corrected chi connectivity index (χ2v) is 9.34. The molecule has 0 radical (unpaired) electrons. The first-order valence-corrected chi connectivity index (χ1v) is 14.5. The summed E-state index contributed by atoms with van der Waals surface area (Å²) < 4.78 is 21.5. The Morgan fingerprint density at radius 2 is 1.33 bits per heavy atom. The highest BCUT2D eigenvalue weighted by atomic mass is 32.2. The van der Waals surface area contributed by atoms with E-state index in [1.165, 1.54) is 0 Å². The van der Waals surface area contributed by atoms with E-state index in [1.54, 1.807) is 35.7 Å². The van der Waals surface area contributed by atoms with Gasteiger partial charge in [0.25, 0.3) is 5.91 Å². The minimum Gasteiger partial charge on any atom is -0.379 e. The van der Waals surface area contributed by atoms with Crippen LogP contribution in [-0.4, -0.2) is 93.7 Å². The van der Waals surface area contributed by atoms with Crippen molar-refractivity contribution in [1.29, 1.82) is 0 Å². The van der Waals surface area contributed by atoms with Crippen molar-refractivity contribution in [2.75, 3.05) is 71.9 Å². The van der Waals surface area contributed by atoms with Gasteiger partial charge in [-0.2, -0.15) is 23.5 Å². The zero-order valence-electron chi connectivity index (χ0n) is 21.0. The normalized spacial score (nSPS) is 11.2. The van der Waals surface area contributed by atoms with Crippen molar-refractivity contribution in [2.24, 2.45) is 5.73 Å². The summed E-state index contributed by atoms with van der Waals surface area (Å²) in [6.07, 6.45) is 4.30. The Hall–Kier alpha value is -1.96. The highest BCUT2D eigenvalue weighted by Gasteiger charge is 2.11. The summed E-state index contributed by atoms with van der Waals surface area (Å²) in [5.41, 5.74) is 9.05. The average Bonchev–Trinajstić information content (AvgIpc) is 2.86. The Morgan fingerprint density at radius 3 is 1.89 bits per heavy atom. The monoisotopic (exact) mass is 540 g/mol. The zero-order valence-corrected chi connectivity index (χ0v) is 22.6. The number of fused-ring (bicyclic) bond motifs is 1. The first-order valence-electron chi connectivity index (χ1n) is 11.7. The zero-order chi connectivity index (χ0) is 26.0. The number of primary amides is 1. The molecule has 0 spiro atoms. The van der Waals surface area contributed by atoms with Crippen LogP contribution in [0.2, 0.25) is 0 Å². The number of nitrogens with two attached hydrogens (primary N) is 1. The predicted octanol–water partition coefficient (Wildman–Crippen LogP) is 2.03. The van der Waals surface area contributed by atoms with Crippen LogP contribution in [0.1, 0.15) is 28.2 Å². The van der Waals surface area contributed by atoms with Crippen LogP contribution >= 0.6 is 23.5 Å². The number of hydrogen-bond acceptors (Lipinski definition) is 10. The Balaban J connectivity index is 1.57. The number of carbonyl (C=O) groups is 2. The number of nitrogens with one attached hydrogen (secondary N) is 1. The Labute approximate surface area is 220 Å². The fourth-order valence-electron chi connectivity index (χ4n) is 3.05. The van der Waals surface area contributed by atoms with Gasteiger partial charge in [-0.15, -0.1) is 0 Å². The summed E-state index contributed by atoms with van der Waals surface area (Å²) in [5, 5.41) is 2.86. The van der Waals surface area contributed by atoms with Crippen molar-refractivity contribution in [3.63, 3.8) is 0 Å². The predicted molar refractivity (Wildman–Crippen MR) is 143 cm³/mol. The van der Waals surface area contributed by atoms with Crippen LogP contribution < -0.4 is 11.1 Å². The van der Waals surface area contributed by atoms with E-state index in [4.69, 9.17) is 34.6 Å². The van der Waals surface area contributed by atoms with E-state index < -0.39 is 0 Å². The van der Waals surface area contributed by atoms with Gasteiger partial charge in [0, 0.05) is 30.0 Å². The third-order valence-corrected chi connectivity index (χ3v) is 5.91. The van der Waals surface area contributed by atoms with Crippen molar-refractivity contribution in [3.05, 3.63) is 35.2 Å². The summed E-state index contributed by atoms with van der Waals surface area (Å²) in [4.78, 5) is 32.6. The van der Waals surface area contributed by atoms with Crippen molar-refractivity contribution in [2.45, 2.75) is 17.9 Å². The number of aromatic nitrogens is 2. The van der Waals surface area contributed by atoms with Gasteiger partial charge in [0.15, 0.2) is 0 Å². The molecule has 1 heterocycles. The molecular weight excluding hydrogens is 504 g/mol. The highest BCUT2D eigenvalue weighted by Crippen LogP contribution is 2.20. The minimum absolute atomic E-state index is 0.172. The van der Waals surface area contributed by atoms with E-state index in [-0.39, 0.29) is 18.2 Å². The van der Waals surface area contributed by atoms with Crippen LogP contribution in [-0.2, 0) is 35.2 Å². The van der Waals surface area contributed by atoms with Crippen LogP contribution in [0, 0.1) is 0 Å². The van der Waals surface area contributed by atoms with Gasteiger partial charge >= 0.3 is 0 Å². The fraction of sp³-hybridized carbons (Fsp3) is 0.583. The molecule has 36 heavy (non-hydrogen) atoms. The minimum atomic E-state index is -0.380. The molecule has 2 amide bonds. The van der Waals surface area contributed by atoms with E-state index >= 15 is 0 Å². The SMILES string of the molecule is CSCc1nc2ccc(C(=O)NCCOCCOCCOCCOCCC(N)=O)cc2nc1CSC. The van der Waals surface area contributed by atoms with E-state index in [0.717, 1.165) is 33.9 Å². The summed E-state index contributed by atoms with van der Waals surface area (Å²) in [6, 6.07) is 5.40. The Kier molecular flexibility index (Phi) is 15.4. The molecule has 0 atom stereocenters. The lowest BCUT2D eigenvalue weighted by Crippen LogP contribution is -2.27. The lowest BCUT2D eigenvalue weighted by Gasteiger charge is -2.10. The Bertz CT molecular complexity index is 950. The van der Waals surface area contributed by atoms with E-state index in [0.29, 0.717) is 65.0 Å². The molecule has 0 aliphatic rings. The molecular formula is C24H36N4O6S2. The molecule has 0 unspecified atom stereocenters. The average molecular weight is 541 g/mol.